The first-order valence-corrected chi connectivity index (χ1v) is 6.67. The lowest BCUT2D eigenvalue weighted by Gasteiger charge is -2.10. The van der Waals surface area contributed by atoms with Crippen LogP contribution in [0.3, 0.4) is 0 Å². The fourth-order valence-corrected chi connectivity index (χ4v) is 2.21. The van der Waals surface area contributed by atoms with Gasteiger partial charge in [0.25, 0.3) is 0 Å². The molecule has 0 aliphatic heterocycles. The number of aliphatic hydroxyl groups is 1. The Hall–Kier alpha value is -1.86. The van der Waals surface area contributed by atoms with E-state index in [1.54, 1.807) is 17.6 Å². The number of carbonyl (C=O) groups excluding carboxylic acids is 1. The zero-order valence-electron chi connectivity index (χ0n) is 10.4. The molecule has 0 radical (unpaired) electrons. The number of aliphatic hydroxyl groups excluding tert-OH is 1. The maximum Gasteiger partial charge on any atom is 0.315 e. The average molecular weight is 281 g/mol. The first-order valence-electron chi connectivity index (χ1n) is 5.79. The summed E-state index contributed by atoms with van der Waals surface area (Å²) in [5, 5.41) is 15.0. The van der Waals surface area contributed by atoms with E-state index in [-0.39, 0.29) is 12.6 Å². The van der Waals surface area contributed by atoms with Gasteiger partial charge in [0.1, 0.15) is 11.9 Å². The highest BCUT2D eigenvalue weighted by atomic mass is 32.1. The molecule has 0 fully saturated rings. The topological polar surface area (TPSA) is 87.4 Å². The predicted octanol–water partition coefficient (Wildman–Crippen LogP) is 1.58. The molecule has 1 atom stereocenters. The normalized spacial score (nSPS) is 12.1. The minimum Gasteiger partial charge on any atom is -0.467 e. The molecule has 102 valence electrons. The monoisotopic (exact) mass is 281 g/mol. The third kappa shape index (κ3) is 3.80. The lowest BCUT2D eigenvalue weighted by atomic mass is 10.3. The highest BCUT2D eigenvalue weighted by molar-refractivity contribution is 7.09. The number of aryl methyl sites for hydroxylation is 1. The van der Waals surface area contributed by atoms with Crippen molar-refractivity contribution in [1.82, 2.24) is 15.6 Å². The highest BCUT2D eigenvalue weighted by Crippen LogP contribution is 2.12. The lowest BCUT2D eigenvalue weighted by Crippen LogP contribution is -2.37. The first-order chi connectivity index (χ1) is 9.16. The zero-order valence-corrected chi connectivity index (χ0v) is 11.2. The number of rotatable bonds is 5. The molecule has 0 aliphatic rings. The van der Waals surface area contributed by atoms with E-state index < -0.39 is 6.10 Å². The Morgan fingerprint density at radius 1 is 1.58 bits per heavy atom. The van der Waals surface area contributed by atoms with Crippen LogP contribution in [0, 0.1) is 6.92 Å². The van der Waals surface area contributed by atoms with Gasteiger partial charge in [-0.15, -0.1) is 11.3 Å². The molecule has 2 aromatic heterocycles. The van der Waals surface area contributed by atoms with E-state index in [2.05, 4.69) is 15.6 Å². The van der Waals surface area contributed by atoms with E-state index >= 15 is 0 Å². The van der Waals surface area contributed by atoms with Gasteiger partial charge in [0, 0.05) is 4.88 Å². The fraction of sp³-hybridized carbons (Fsp3) is 0.333. The molecule has 0 aromatic carbocycles. The van der Waals surface area contributed by atoms with Crippen molar-refractivity contribution >= 4 is 17.4 Å². The van der Waals surface area contributed by atoms with Crippen LogP contribution >= 0.6 is 11.3 Å². The van der Waals surface area contributed by atoms with Crippen LogP contribution < -0.4 is 10.6 Å². The molecule has 2 aromatic rings. The summed E-state index contributed by atoms with van der Waals surface area (Å²) < 4.78 is 5.03. The number of furan rings is 1. The van der Waals surface area contributed by atoms with Gasteiger partial charge in [-0.2, -0.15) is 0 Å². The summed E-state index contributed by atoms with van der Waals surface area (Å²) in [6.07, 6.45) is 0.636. The van der Waals surface area contributed by atoms with E-state index in [1.165, 1.54) is 17.6 Å². The Balaban J connectivity index is 1.72. The molecular formula is C12H15N3O3S. The molecule has 0 spiro atoms. The molecule has 19 heavy (non-hydrogen) atoms. The average Bonchev–Trinajstić information content (AvgIpc) is 3.05. The van der Waals surface area contributed by atoms with E-state index in [0.29, 0.717) is 12.3 Å². The summed E-state index contributed by atoms with van der Waals surface area (Å²) in [6, 6.07) is 3.01. The van der Waals surface area contributed by atoms with Crippen LogP contribution in [-0.2, 0) is 6.54 Å². The van der Waals surface area contributed by atoms with Gasteiger partial charge < -0.3 is 20.2 Å². The van der Waals surface area contributed by atoms with Gasteiger partial charge in [0.15, 0.2) is 0 Å². The molecular weight excluding hydrogens is 266 g/mol. The minimum atomic E-state index is -0.842. The predicted molar refractivity (Wildman–Crippen MR) is 70.8 cm³/mol. The van der Waals surface area contributed by atoms with Gasteiger partial charge in [-0.1, -0.05) is 0 Å². The Kier molecular flexibility index (Phi) is 4.53. The fourth-order valence-electron chi connectivity index (χ4n) is 1.49. The highest BCUT2D eigenvalue weighted by Gasteiger charge is 2.11. The van der Waals surface area contributed by atoms with Crippen LogP contribution in [0.4, 0.5) is 4.79 Å². The number of hydrogen-bond acceptors (Lipinski definition) is 5. The second-order valence-corrected chi connectivity index (χ2v) is 4.90. The summed E-state index contributed by atoms with van der Waals surface area (Å²) in [7, 11) is 0. The number of nitrogens with one attached hydrogen (secondary N) is 2. The van der Waals surface area contributed by atoms with Gasteiger partial charge in [-0.05, 0) is 19.1 Å². The summed E-state index contributed by atoms with van der Waals surface area (Å²) in [6.45, 7) is 2.42. The number of urea groups is 1. The van der Waals surface area contributed by atoms with Crippen molar-refractivity contribution in [3.8, 4) is 0 Å². The summed E-state index contributed by atoms with van der Waals surface area (Å²) in [4.78, 5) is 16.7. The molecule has 0 saturated heterocycles. The van der Waals surface area contributed by atoms with Crippen molar-refractivity contribution in [2.75, 3.05) is 6.54 Å². The molecule has 0 bridgehead atoms. The van der Waals surface area contributed by atoms with Crippen molar-refractivity contribution in [2.24, 2.45) is 0 Å². The van der Waals surface area contributed by atoms with Gasteiger partial charge in [0.2, 0.25) is 0 Å². The molecule has 2 rings (SSSR count). The van der Waals surface area contributed by atoms with E-state index in [0.717, 1.165) is 10.6 Å². The SMILES string of the molecule is Cc1ncsc1CNC(=O)NCC(O)c1ccco1. The van der Waals surface area contributed by atoms with Crippen LogP contribution in [0.1, 0.15) is 22.4 Å². The van der Waals surface area contributed by atoms with Gasteiger partial charge in [-0.25, -0.2) is 9.78 Å². The Bertz CT molecular complexity index is 524. The maximum atomic E-state index is 11.5. The number of hydrogen-bond donors (Lipinski definition) is 3. The Morgan fingerprint density at radius 3 is 3.05 bits per heavy atom. The van der Waals surface area contributed by atoms with Crippen molar-refractivity contribution in [2.45, 2.75) is 19.6 Å². The Morgan fingerprint density at radius 2 is 2.42 bits per heavy atom. The molecule has 6 nitrogen and oxygen atoms in total. The third-order valence-corrected chi connectivity index (χ3v) is 3.52. The maximum absolute atomic E-state index is 11.5. The Labute approximate surface area is 114 Å². The summed E-state index contributed by atoms with van der Waals surface area (Å²) in [5.74, 6) is 0.429. The smallest absolute Gasteiger partial charge is 0.315 e. The van der Waals surface area contributed by atoms with E-state index in [1.807, 2.05) is 6.92 Å². The molecule has 1 unspecified atom stereocenters. The zero-order chi connectivity index (χ0) is 13.7. The van der Waals surface area contributed by atoms with Crippen LogP contribution in [0.25, 0.3) is 0 Å². The van der Waals surface area contributed by atoms with Crippen molar-refractivity contribution < 1.29 is 14.3 Å². The largest absolute Gasteiger partial charge is 0.467 e. The van der Waals surface area contributed by atoms with Crippen LogP contribution in [-0.4, -0.2) is 22.7 Å². The number of nitrogens with zero attached hydrogens (tertiary/aromatic N) is 1. The number of thiazole rings is 1. The number of amides is 2. The molecule has 2 amide bonds. The first kappa shape index (κ1) is 13.6. The minimum absolute atomic E-state index is 0.0982. The quantitative estimate of drug-likeness (QED) is 0.776. The number of aromatic nitrogens is 1. The van der Waals surface area contributed by atoms with Crippen LogP contribution in [0.2, 0.25) is 0 Å². The van der Waals surface area contributed by atoms with Crippen molar-refractivity contribution in [3.05, 3.63) is 40.2 Å². The molecule has 3 N–H and O–H groups in total. The van der Waals surface area contributed by atoms with Crippen molar-refractivity contribution in [3.63, 3.8) is 0 Å². The van der Waals surface area contributed by atoms with Gasteiger partial charge in [-0.3, -0.25) is 0 Å². The summed E-state index contributed by atoms with van der Waals surface area (Å²) in [5.41, 5.74) is 2.66. The van der Waals surface area contributed by atoms with Gasteiger partial charge >= 0.3 is 6.03 Å². The number of carbonyl (C=O) groups is 1. The van der Waals surface area contributed by atoms with Crippen molar-refractivity contribution in [1.29, 1.82) is 0 Å². The third-order valence-electron chi connectivity index (χ3n) is 2.58. The molecule has 0 aliphatic carbocycles. The molecule has 0 saturated carbocycles. The summed E-state index contributed by atoms with van der Waals surface area (Å²) >= 11 is 1.50. The van der Waals surface area contributed by atoms with Crippen LogP contribution in [0.5, 0.6) is 0 Å². The molecule has 2 heterocycles. The van der Waals surface area contributed by atoms with Gasteiger partial charge in [0.05, 0.1) is 30.6 Å². The van der Waals surface area contributed by atoms with E-state index in [4.69, 9.17) is 4.42 Å². The van der Waals surface area contributed by atoms with Crippen LogP contribution in [0.15, 0.2) is 28.3 Å². The van der Waals surface area contributed by atoms with E-state index in [9.17, 15) is 9.90 Å². The second-order valence-electron chi connectivity index (χ2n) is 3.96. The standard InChI is InChI=1S/C12H15N3O3S/c1-8-11(19-7-15-8)6-14-12(17)13-5-9(16)10-3-2-4-18-10/h2-4,7,9,16H,5-6H2,1H3,(H2,13,14,17). The second kappa shape index (κ2) is 6.35. The molecule has 7 heteroatoms. The lowest BCUT2D eigenvalue weighted by molar-refractivity contribution is 0.148.